The Labute approximate surface area is 127 Å². The van der Waals surface area contributed by atoms with Crippen LogP contribution in [0.3, 0.4) is 0 Å². The smallest absolute Gasteiger partial charge is 0.0758 e. The Morgan fingerprint density at radius 1 is 1.21 bits per heavy atom. The molecule has 0 bridgehead atoms. The van der Waals surface area contributed by atoms with Crippen molar-refractivity contribution in [1.82, 2.24) is 15.2 Å². The molecule has 1 N–H and O–H groups in total. The van der Waals surface area contributed by atoms with Gasteiger partial charge in [0, 0.05) is 48.8 Å². The summed E-state index contributed by atoms with van der Waals surface area (Å²) in [6, 6.07) is 8.42. The molecule has 5 heteroatoms. The van der Waals surface area contributed by atoms with Crippen molar-refractivity contribution in [3.63, 3.8) is 0 Å². The summed E-state index contributed by atoms with van der Waals surface area (Å²) >= 11 is 3.59. The van der Waals surface area contributed by atoms with E-state index in [4.69, 9.17) is 0 Å². The van der Waals surface area contributed by atoms with Crippen LogP contribution in [0.1, 0.15) is 5.56 Å². The first-order chi connectivity index (χ1) is 8.84. The number of aromatic nitrogens is 1. The van der Waals surface area contributed by atoms with Gasteiger partial charge in [0.05, 0.1) is 5.52 Å². The molecule has 1 aliphatic heterocycles. The molecule has 19 heavy (non-hydrogen) atoms. The third-order valence-electron chi connectivity index (χ3n) is 3.40. The highest BCUT2D eigenvalue weighted by molar-refractivity contribution is 9.10. The van der Waals surface area contributed by atoms with E-state index in [-0.39, 0.29) is 12.4 Å². The van der Waals surface area contributed by atoms with Crippen molar-refractivity contribution in [3.05, 3.63) is 40.5 Å². The van der Waals surface area contributed by atoms with Gasteiger partial charge in [-0.05, 0) is 17.7 Å². The van der Waals surface area contributed by atoms with Crippen LogP contribution in [-0.2, 0) is 6.54 Å². The number of fused-ring (bicyclic) bond motifs is 1. The van der Waals surface area contributed by atoms with Crippen LogP contribution in [0, 0.1) is 0 Å². The van der Waals surface area contributed by atoms with Crippen LogP contribution < -0.4 is 5.32 Å². The van der Waals surface area contributed by atoms with Crippen molar-refractivity contribution >= 4 is 39.2 Å². The first kappa shape index (κ1) is 14.7. The highest BCUT2D eigenvalue weighted by Gasteiger charge is 2.12. The molecule has 3 nitrogen and oxygen atoms in total. The van der Waals surface area contributed by atoms with Crippen molar-refractivity contribution < 1.29 is 0 Å². The van der Waals surface area contributed by atoms with Crippen molar-refractivity contribution in [2.45, 2.75) is 6.54 Å². The average molecular weight is 343 g/mol. The Bertz CT molecular complexity index is 555. The zero-order chi connectivity index (χ0) is 12.4. The molecule has 0 amide bonds. The lowest BCUT2D eigenvalue weighted by molar-refractivity contribution is 0.234. The second-order valence-electron chi connectivity index (χ2n) is 4.63. The van der Waals surface area contributed by atoms with Crippen molar-refractivity contribution in [2.24, 2.45) is 0 Å². The van der Waals surface area contributed by atoms with E-state index in [0.717, 1.165) is 42.7 Å². The van der Waals surface area contributed by atoms with Gasteiger partial charge in [-0.1, -0.05) is 28.1 Å². The van der Waals surface area contributed by atoms with Gasteiger partial charge in [-0.3, -0.25) is 9.88 Å². The van der Waals surface area contributed by atoms with Gasteiger partial charge in [-0.15, -0.1) is 12.4 Å². The van der Waals surface area contributed by atoms with Crippen molar-refractivity contribution in [1.29, 1.82) is 0 Å². The number of halogens is 2. The topological polar surface area (TPSA) is 28.2 Å². The lowest BCUT2D eigenvalue weighted by Crippen LogP contribution is -2.42. The Morgan fingerprint density at radius 3 is 2.79 bits per heavy atom. The number of nitrogens with zero attached hydrogens (tertiary/aromatic N) is 2. The summed E-state index contributed by atoms with van der Waals surface area (Å²) in [6.45, 7) is 5.39. The number of nitrogens with one attached hydrogen (secondary N) is 1. The zero-order valence-corrected chi connectivity index (χ0v) is 13.0. The van der Waals surface area contributed by atoms with Crippen LogP contribution in [-0.4, -0.2) is 36.1 Å². The van der Waals surface area contributed by atoms with E-state index in [1.807, 2.05) is 12.3 Å². The first-order valence-corrected chi connectivity index (χ1v) is 7.09. The minimum atomic E-state index is 0. The van der Waals surface area contributed by atoms with Crippen LogP contribution in [0.2, 0.25) is 0 Å². The molecule has 0 aliphatic carbocycles. The minimum absolute atomic E-state index is 0. The third-order valence-corrected chi connectivity index (χ3v) is 4.10. The summed E-state index contributed by atoms with van der Waals surface area (Å²) < 4.78 is 1.12. The lowest BCUT2D eigenvalue weighted by atomic mass is 10.1. The van der Waals surface area contributed by atoms with Crippen LogP contribution >= 0.6 is 28.3 Å². The highest BCUT2D eigenvalue weighted by Crippen LogP contribution is 2.26. The van der Waals surface area contributed by atoms with E-state index in [2.05, 4.69) is 49.3 Å². The summed E-state index contributed by atoms with van der Waals surface area (Å²) in [5.41, 5.74) is 2.43. The molecule has 2 heterocycles. The minimum Gasteiger partial charge on any atom is -0.314 e. The van der Waals surface area contributed by atoms with E-state index in [1.54, 1.807) is 0 Å². The van der Waals surface area contributed by atoms with Crippen LogP contribution in [0.4, 0.5) is 0 Å². The van der Waals surface area contributed by atoms with Gasteiger partial charge in [-0.25, -0.2) is 0 Å². The summed E-state index contributed by atoms with van der Waals surface area (Å²) in [6.07, 6.45) is 1.87. The quantitative estimate of drug-likeness (QED) is 0.909. The number of benzene rings is 1. The number of pyridine rings is 1. The number of piperazine rings is 1. The molecule has 0 unspecified atom stereocenters. The molecule has 2 aromatic rings. The normalized spacial score (nSPS) is 16.3. The maximum absolute atomic E-state index is 4.54. The van der Waals surface area contributed by atoms with Gasteiger partial charge in [0.1, 0.15) is 0 Å². The molecule has 1 saturated heterocycles. The zero-order valence-electron chi connectivity index (χ0n) is 10.6. The molecule has 3 rings (SSSR count). The lowest BCUT2D eigenvalue weighted by Gasteiger charge is -2.27. The van der Waals surface area contributed by atoms with E-state index in [1.165, 1.54) is 10.9 Å². The average Bonchev–Trinajstić information content (AvgIpc) is 2.44. The highest BCUT2D eigenvalue weighted by atomic mass is 79.9. The molecule has 0 atom stereocenters. The molecule has 0 saturated carbocycles. The van der Waals surface area contributed by atoms with Crippen molar-refractivity contribution in [3.8, 4) is 0 Å². The Balaban J connectivity index is 0.00000133. The van der Waals surface area contributed by atoms with Gasteiger partial charge in [0.15, 0.2) is 0 Å². The number of rotatable bonds is 2. The van der Waals surface area contributed by atoms with Crippen LogP contribution in [0.25, 0.3) is 10.9 Å². The van der Waals surface area contributed by atoms with Gasteiger partial charge in [0.2, 0.25) is 0 Å². The van der Waals surface area contributed by atoms with Crippen molar-refractivity contribution in [2.75, 3.05) is 26.2 Å². The molecule has 0 radical (unpaired) electrons. The number of hydrogen-bond donors (Lipinski definition) is 1. The fourth-order valence-corrected chi connectivity index (χ4v) is 2.89. The molecule has 1 aromatic heterocycles. The number of hydrogen-bond acceptors (Lipinski definition) is 3. The SMILES string of the molecule is Brc1ccc(CN2CCNCC2)c2ncccc12.Cl. The van der Waals surface area contributed by atoms with Gasteiger partial charge < -0.3 is 5.32 Å². The summed E-state index contributed by atoms with van der Waals surface area (Å²) in [4.78, 5) is 7.02. The summed E-state index contributed by atoms with van der Waals surface area (Å²) in [5.74, 6) is 0. The Hall–Kier alpha value is -0.680. The Morgan fingerprint density at radius 2 is 2.00 bits per heavy atom. The Kier molecular flexibility index (Phi) is 5.16. The third kappa shape index (κ3) is 3.26. The molecule has 0 spiro atoms. The van der Waals surface area contributed by atoms with E-state index in [9.17, 15) is 0 Å². The molecule has 1 fully saturated rings. The molecule has 1 aromatic carbocycles. The van der Waals surface area contributed by atoms with Crippen LogP contribution in [0.15, 0.2) is 34.9 Å². The van der Waals surface area contributed by atoms with Gasteiger partial charge in [0.25, 0.3) is 0 Å². The van der Waals surface area contributed by atoms with E-state index < -0.39 is 0 Å². The van der Waals surface area contributed by atoms with E-state index in [0.29, 0.717) is 0 Å². The predicted molar refractivity (Wildman–Crippen MR) is 84.8 cm³/mol. The molecule has 102 valence electrons. The maximum Gasteiger partial charge on any atom is 0.0758 e. The van der Waals surface area contributed by atoms with Crippen LogP contribution in [0.5, 0.6) is 0 Å². The predicted octanol–water partition coefficient (Wildman–Crippen LogP) is 2.82. The standard InChI is InChI=1S/C14H16BrN3.ClH/c15-13-4-3-11(10-18-8-6-16-7-9-18)14-12(13)2-1-5-17-14;/h1-5,16H,6-10H2;1H. The fraction of sp³-hybridized carbons (Fsp3) is 0.357. The fourth-order valence-electron chi connectivity index (χ4n) is 2.43. The molecular formula is C14H17BrClN3. The largest absolute Gasteiger partial charge is 0.314 e. The second kappa shape index (κ2) is 6.66. The van der Waals surface area contributed by atoms with Gasteiger partial charge in [-0.2, -0.15) is 0 Å². The second-order valence-corrected chi connectivity index (χ2v) is 5.49. The maximum atomic E-state index is 4.54. The summed E-state index contributed by atoms with van der Waals surface area (Å²) in [5, 5.41) is 4.58. The van der Waals surface area contributed by atoms with Gasteiger partial charge >= 0.3 is 0 Å². The van der Waals surface area contributed by atoms with E-state index >= 15 is 0 Å². The summed E-state index contributed by atoms with van der Waals surface area (Å²) in [7, 11) is 0. The molecule has 1 aliphatic rings. The first-order valence-electron chi connectivity index (χ1n) is 6.30. The molecular weight excluding hydrogens is 326 g/mol. The monoisotopic (exact) mass is 341 g/mol.